The quantitative estimate of drug-likeness (QED) is 0.895. The summed E-state index contributed by atoms with van der Waals surface area (Å²) < 4.78 is 31.5. The van der Waals surface area contributed by atoms with Gasteiger partial charge in [0.15, 0.2) is 0 Å². The van der Waals surface area contributed by atoms with Gasteiger partial charge in [-0.1, -0.05) is 19.1 Å². The van der Waals surface area contributed by atoms with Crippen molar-refractivity contribution in [1.82, 2.24) is 0 Å². The van der Waals surface area contributed by atoms with Crippen LogP contribution in [0.3, 0.4) is 0 Å². The van der Waals surface area contributed by atoms with Crippen LogP contribution in [0.5, 0.6) is 11.5 Å². The molecular formula is C16H17F2NO. The zero-order valence-corrected chi connectivity index (χ0v) is 11.3. The topological polar surface area (TPSA) is 35.2 Å². The van der Waals surface area contributed by atoms with Crippen LogP contribution in [0.25, 0.3) is 0 Å². The van der Waals surface area contributed by atoms with Crippen molar-refractivity contribution in [3.63, 3.8) is 0 Å². The zero-order chi connectivity index (χ0) is 14.5. The van der Waals surface area contributed by atoms with E-state index < -0.39 is 11.6 Å². The van der Waals surface area contributed by atoms with E-state index in [1.165, 1.54) is 0 Å². The second-order valence-electron chi connectivity index (χ2n) is 4.72. The predicted molar refractivity (Wildman–Crippen MR) is 74.8 cm³/mol. The molecule has 0 aliphatic carbocycles. The molecule has 0 aliphatic heterocycles. The zero-order valence-electron chi connectivity index (χ0n) is 11.3. The van der Waals surface area contributed by atoms with Crippen LogP contribution in [-0.2, 0) is 6.42 Å². The molecule has 0 bridgehead atoms. The summed E-state index contributed by atoms with van der Waals surface area (Å²) in [5.74, 6) is -0.652. The minimum Gasteiger partial charge on any atom is -0.457 e. The molecule has 2 aromatic rings. The first-order valence-electron chi connectivity index (χ1n) is 6.55. The number of nitrogens with two attached hydrogens (primary N) is 1. The van der Waals surface area contributed by atoms with E-state index in [0.29, 0.717) is 5.75 Å². The SMILES string of the molecule is CCC(N)Cc1ccc(Oc2cc(F)cc(F)c2)cc1. The lowest BCUT2D eigenvalue weighted by molar-refractivity contribution is 0.468. The third-order valence-electron chi connectivity index (χ3n) is 3.02. The Morgan fingerprint density at radius 3 is 2.15 bits per heavy atom. The van der Waals surface area contributed by atoms with Crippen LogP contribution in [-0.4, -0.2) is 6.04 Å². The predicted octanol–water partition coefficient (Wildman–Crippen LogP) is 4.04. The number of hydrogen-bond donors (Lipinski definition) is 1. The Morgan fingerprint density at radius 2 is 1.60 bits per heavy atom. The highest BCUT2D eigenvalue weighted by Crippen LogP contribution is 2.23. The van der Waals surface area contributed by atoms with Crippen molar-refractivity contribution in [2.24, 2.45) is 5.73 Å². The average Bonchev–Trinajstić information content (AvgIpc) is 2.39. The fourth-order valence-electron chi connectivity index (χ4n) is 1.86. The Labute approximate surface area is 117 Å². The maximum absolute atomic E-state index is 13.0. The molecule has 2 aromatic carbocycles. The van der Waals surface area contributed by atoms with Crippen LogP contribution in [0, 0.1) is 11.6 Å². The molecule has 0 aliphatic rings. The largest absolute Gasteiger partial charge is 0.457 e. The van der Waals surface area contributed by atoms with Crippen molar-refractivity contribution in [1.29, 1.82) is 0 Å². The van der Waals surface area contributed by atoms with E-state index in [2.05, 4.69) is 0 Å². The van der Waals surface area contributed by atoms with Crippen molar-refractivity contribution in [3.05, 3.63) is 59.7 Å². The van der Waals surface area contributed by atoms with Crippen LogP contribution < -0.4 is 10.5 Å². The lowest BCUT2D eigenvalue weighted by atomic mass is 10.0. The van der Waals surface area contributed by atoms with Crippen LogP contribution in [0.1, 0.15) is 18.9 Å². The summed E-state index contributed by atoms with van der Waals surface area (Å²) in [5.41, 5.74) is 6.99. The number of halogens is 2. The summed E-state index contributed by atoms with van der Waals surface area (Å²) in [5, 5.41) is 0. The molecule has 0 amide bonds. The van der Waals surface area contributed by atoms with Crippen molar-refractivity contribution >= 4 is 0 Å². The summed E-state index contributed by atoms with van der Waals surface area (Å²) in [7, 11) is 0. The molecular weight excluding hydrogens is 260 g/mol. The van der Waals surface area contributed by atoms with Crippen LogP contribution >= 0.6 is 0 Å². The van der Waals surface area contributed by atoms with Gasteiger partial charge in [0.2, 0.25) is 0 Å². The van der Waals surface area contributed by atoms with E-state index in [9.17, 15) is 8.78 Å². The Bertz CT molecular complexity index is 549. The first kappa shape index (κ1) is 14.5. The van der Waals surface area contributed by atoms with Gasteiger partial charge in [-0.3, -0.25) is 0 Å². The smallest absolute Gasteiger partial charge is 0.133 e. The summed E-state index contributed by atoms with van der Waals surface area (Å²) in [4.78, 5) is 0. The molecule has 2 N–H and O–H groups in total. The lowest BCUT2D eigenvalue weighted by Gasteiger charge is -2.10. The Kier molecular flexibility index (Phi) is 4.69. The summed E-state index contributed by atoms with van der Waals surface area (Å²) in [6, 6.07) is 10.6. The summed E-state index contributed by atoms with van der Waals surface area (Å²) >= 11 is 0. The van der Waals surface area contributed by atoms with Gasteiger partial charge in [-0.2, -0.15) is 0 Å². The molecule has 0 spiro atoms. The van der Waals surface area contributed by atoms with Crippen molar-refractivity contribution in [2.75, 3.05) is 0 Å². The highest BCUT2D eigenvalue weighted by molar-refractivity contribution is 5.33. The molecule has 4 heteroatoms. The Morgan fingerprint density at radius 1 is 1.00 bits per heavy atom. The fraction of sp³-hybridized carbons (Fsp3) is 0.250. The lowest BCUT2D eigenvalue weighted by Crippen LogP contribution is -2.21. The molecule has 20 heavy (non-hydrogen) atoms. The van der Waals surface area contributed by atoms with Gasteiger partial charge in [-0.05, 0) is 30.5 Å². The van der Waals surface area contributed by atoms with Crippen LogP contribution in [0.2, 0.25) is 0 Å². The third-order valence-corrected chi connectivity index (χ3v) is 3.02. The van der Waals surface area contributed by atoms with Crippen LogP contribution in [0.4, 0.5) is 8.78 Å². The highest BCUT2D eigenvalue weighted by atomic mass is 19.1. The van der Waals surface area contributed by atoms with E-state index in [4.69, 9.17) is 10.5 Å². The minimum atomic E-state index is -0.662. The van der Waals surface area contributed by atoms with Gasteiger partial charge >= 0.3 is 0 Å². The molecule has 0 heterocycles. The molecule has 0 saturated carbocycles. The number of rotatable bonds is 5. The third kappa shape index (κ3) is 4.03. The monoisotopic (exact) mass is 277 g/mol. The molecule has 1 atom stereocenters. The second kappa shape index (κ2) is 6.48. The fourth-order valence-corrected chi connectivity index (χ4v) is 1.86. The maximum Gasteiger partial charge on any atom is 0.133 e. The number of benzene rings is 2. The summed E-state index contributed by atoms with van der Waals surface area (Å²) in [6.07, 6.45) is 1.71. The summed E-state index contributed by atoms with van der Waals surface area (Å²) in [6.45, 7) is 2.04. The molecule has 2 nitrogen and oxygen atoms in total. The van der Waals surface area contributed by atoms with E-state index in [1.807, 2.05) is 19.1 Å². The van der Waals surface area contributed by atoms with Crippen LogP contribution in [0.15, 0.2) is 42.5 Å². The molecule has 106 valence electrons. The van der Waals surface area contributed by atoms with Gasteiger partial charge in [-0.15, -0.1) is 0 Å². The number of ether oxygens (including phenoxy) is 1. The molecule has 0 saturated heterocycles. The minimum absolute atomic E-state index is 0.138. The molecule has 1 unspecified atom stereocenters. The number of hydrogen-bond acceptors (Lipinski definition) is 2. The van der Waals surface area contributed by atoms with Gasteiger partial charge in [0, 0.05) is 24.2 Å². The van der Waals surface area contributed by atoms with Crippen molar-refractivity contribution < 1.29 is 13.5 Å². The molecule has 0 aromatic heterocycles. The Balaban J connectivity index is 2.06. The average molecular weight is 277 g/mol. The molecule has 0 radical (unpaired) electrons. The van der Waals surface area contributed by atoms with Crippen molar-refractivity contribution in [3.8, 4) is 11.5 Å². The van der Waals surface area contributed by atoms with Gasteiger partial charge < -0.3 is 10.5 Å². The van der Waals surface area contributed by atoms with E-state index >= 15 is 0 Å². The van der Waals surface area contributed by atoms with E-state index in [1.54, 1.807) is 12.1 Å². The van der Waals surface area contributed by atoms with Crippen molar-refractivity contribution in [2.45, 2.75) is 25.8 Å². The van der Waals surface area contributed by atoms with Gasteiger partial charge in [-0.25, -0.2) is 8.78 Å². The van der Waals surface area contributed by atoms with Gasteiger partial charge in [0.25, 0.3) is 0 Å². The first-order valence-corrected chi connectivity index (χ1v) is 6.55. The van der Waals surface area contributed by atoms with E-state index in [0.717, 1.165) is 36.6 Å². The standard InChI is InChI=1S/C16H17F2NO/c1-2-14(19)7-11-3-5-15(6-4-11)20-16-9-12(17)8-13(18)10-16/h3-6,8-10,14H,2,7,19H2,1H3. The Hall–Kier alpha value is -1.94. The van der Waals surface area contributed by atoms with E-state index in [-0.39, 0.29) is 11.8 Å². The second-order valence-corrected chi connectivity index (χ2v) is 4.72. The molecule has 2 rings (SSSR count). The molecule has 0 fully saturated rings. The normalized spacial score (nSPS) is 12.2. The maximum atomic E-state index is 13.0. The van der Waals surface area contributed by atoms with Gasteiger partial charge in [0.1, 0.15) is 23.1 Å². The highest BCUT2D eigenvalue weighted by Gasteiger charge is 2.04. The first-order chi connectivity index (χ1) is 9.56. The van der Waals surface area contributed by atoms with Gasteiger partial charge in [0.05, 0.1) is 0 Å².